The standard InChI is InChI=1S/C9H11ClOS/c1-12-9-5-7(2-3-11)4-8(10)6-9/h4-6,11H,2-3H2,1H3. The summed E-state index contributed by atoms with van der Waals surface area (Å²) in [6.45, 7) is 0.175. The Morgan fingerprint density at radius 1 is 1.42 bits per heavy atom. The lowest BCUT2D eigenvalue weighted by Crippen LogP contribution is -1.90. The van der Waals surface area contributed by atoms with Crippen molar-refractivity contribution < 1.29 is 5.11 Å². The Balaban J connectivity index is 2.90. The minimum absolute atomic E-state index is 0.175. The third-order valence-electron chi connectivity index (χ3n) is 1.57. The second-order valence-corrected chi connectivity index (χ2v) is 3.79. The quantitative estimate of drug-likeness (QED) is 0.761. The fourth-order valence-electron chi connectivity index (χ4n) is 1.01. The third kappa shape index (κ3) is 2.70. The van der Waals surface area contributed by atoms with Gasteiger partial charge in [-0.1, -0.05) is 11.6 Å². The van der Waals surface area contributed by atoms with E-state index in [1.54, 1.807) is 11.8 Å². The van der Waals surface area contributed by atoms with E-state index in [1.165, 1.54) is 0 Å². The summed E-state index contributed by atoms with van der Waals surface area (Å²) in [4.78, 5) is 1.14. The molecule has 0 saturated heterocycles. The lowest BCUT2D eigenvalue weighted by molar-refractivity contribution is 0.299. The molecule has 0 atom stereocenters. The molecule has 0 fully saturated rings. The van der Waals surface area contributed by atoms with Crippen molar-refractivity contribution in [2.24, 2.45) is 0 Å². The maximum atomic E-state index is 8.72. The number of hydrogen-bond acceptors (Lipinski definition) is 2. The Morgan fingerprint density at radius 2 is 2.17 bits per heavy atom. The number of aliphatic hydroxyl groups excluding tert-OH is 1. The molecule has 0 saturated carbocycles. The van der Waals surface area contributed by atoms with E-state index in [2.05, 4.69) is 0 Å². The second-order valence-electron chi connectivity index (χ2n) is 2.47. The van der Waals surface area contributed by atoms with Crippen molar-refractivity contribution in [1.29, 1.82) is 0 Å². The van der Waals surface area contributed by atoms with Crippen LogP contribution in [-0.2, 0) is 6.42 Å². The van der Waals surface area contributed by atoms with Crippen LogP contribution < -0.4 is 0 Å². The van der Waals surface area contributed by atoms with Crippen molar-refractivity contribution in [1.82, 2.24) is 0 Å². The van der Waals surface area contributed by atoms with Gasteiger partial charge < -0.3 is 5.11 Å². The van der Waals surface area contributed by atoms with Crippen molar-refractivity contribution in [2.75, 3.05) is 12.9 Å². The number of benzene rings is 1. The highest BCUT2D eigenvalue weighted by atomic mass is 35.5. The highest BCUT2D eigenvalue weighted by Gasteiger charge is 1.97. The van der Waals surface area contributed by atoms with E-state index in [1.807, 2.05) is 24.5 Å². The summed E-state index contributed by atoms with van der Waals surface area (Å²) >= 11 is 7.53. The highest BCUT2D eigenvalue weighted by Crippen LogP contribution is 2.22. The van der Waals surface area contributed by atoms with Crippen LogP contribution in [0.25, 0.3) is 0 Å². The third-order valence-corrected chi connectivity index (χ3v) is 2.49. The summed E-state index contributed by atoms with van der Waals surface area (Å²) in [6, 6.07) is 5.86. The van der Waals surface area contributed by atoms with E-state index < -0.39 is 0 Å². The van der Waals surface area contributed by atoms with Crippen LogP contribution in [0.15, 0.2) is 23.1 Å². The molecule has 1 aromatic carbocycles. The number of rotatable bonds is 3. The van der Waals surface area contributed by atoms with Crippen molar-refractivity contribution in [3.05, 3.63) is 28.8 Å². The summed E-state index contributed by atoms with van der Waals surface area (Å²) in [7, 11) is 0. The van der Waals surface area contributed by atoms with E-state index in [-0.39, 0.29) is 6.61 Å². The molecule has 0 spiro atoms. The Kier molecular flexibility index (Phi) is 3.92. The molecule has 0 bridgehead atoms. The minimum Gasteiger partial charge on any atom is -0.396 e. The van der Waals surface area contributed by atoms with Gasteiger partial charge in [0.15, 0.2) is 0 Å². The molecule has 1 nitrogen and oxygen atoms in total. The van der Waals surface area contributed by atoms with Gasteiger partial charge in [0, 0.05) is 16.5 Å². The zero-order valence-electron chi connectivity index (χ0n) is 6.88. The predicted octanol–water partition coefficient (Wildman–Crippen LogP) is 2.60. The van der Waals surface area contributed by atoms with Crippen LogP contribution in [0.4, 0.5) is 0 Å². The molecule has 0 heterocycles. The van der Waals surface area contributed by atoms with E-state index in [4.69, 9.17) is 16.7 Å². The first kappa shape index (κ1) is 9.90. The maximum absolute atomic E-state index is 8.72. The van der Waals surface area contributed by atoms with Gasteiger partial charge in [0.05, 0.1) is 0 Å². The number of thioether (sulfide) groups is 1. The minimum atomic E-state index is 0.175. The molecule has 1 aromatic rings. The molecule has 66 valence electrons. The van der Waals surface area contributed by atoms with Crippen LogP contribution in [0.1, 0.15) is 5.56 Å². The molecule has 12 heavy (non-hydrogen) atoms. The zero-order valence-corrected chi connectivity index (χ0v) is 8.45. The van der Waals surface area contributed by atoms with Gasteiger partial charge in [0.1, 0.15) is 0 Å². The molecule has 0 unspecified atom stereocenters. The molecule has 0 aliphatic rings. The highest BCUT2D eigenvalue weighted by molar-refractivity contribution is 7.98. The Bertz CT molecular complexity index is 263. The first-order valence-corrected chi connectivity index (χ1v) is 5.31. The predicted molar refractivity (Wildman–Crippen MR) is 54.0 cm³/mol. The topological polar surface area (TPSA) is 20.2 Å². The largest absolute Gasteiger partial charge is 0.396 e. The molecule has 0 amide bonds. The molecule has 1 rings (SSSR count). The fraction of sp³-hybridized carbons (Fsp3) is 0.333. The molecular formula is C9H11ClOS. The van der Waals surface area contributed by atoms with Crippen LogP contribution in [-0.4, -0.2) is 18.0 Å². The molecule has 0 radical (unpaired) electrons. The molecule has 0 aliphatic heterocycles. The normalized spacial score (nSPS) is 10.2. The smallest absolute Gasteiger partial charge is 0.0471 e. The van der Waals surface area contributed by atoms with Crippen LogP contribution in [0.5, 0.6) is 0 Å². The zero-order chi connectivity index (χ0) is 8.97. The van der Waals surface area contributed by atoms with Crippen LogP contribution in [0, 0.1) is 0 Å². The Hall–Kier alpha value is -0.180. The molecule has 0 aromatic heterocycles. The molecule has 3 heteroatoms. The lowest BCUT2D eigenvalue weighted by Gasteiger charge is -2.02. The van der Waals surface area contributed by atoms with Gasteiger partial charge in [-0.05, 0) is 36.4 Å². The summed E-state index contributed by atoms with van der Waals surface area (Å²) in [5, 5.41) is 9.47. The first-order valence-electron chi connectivity index (χ1n) is 3.70. The Labute approximate surface area is 81.7 Å². The van der Waals surface area contributed by atoms with Gasteiger partial charge in [0.2, 0.25) is 0 Å². The van der Waals surface area contributed by atoms with Crippen molar-refractivity contribution >= 4 is 23.4 Å². The van der Waals surface area contributed by atoms with Crippen molar-refractivity contribution in [3.63, 3.8) is 0 Å². The lowest BCUT2D eigenvalue weighted by atomic mass is 10.2. The van der Waals surface area contributed by atoms with Gasteiger partial charge in [-0.15, -0.1) is 11.8 Å². The van der Waals surface area contributed by atoms with E-state index in [9.17, 15) is 0 Å². The van der Waals surface area contributed by atoms with Gasteiger partial charge in [-0.3, -0.25) is 0 Å². The number of hydrogen-bond donors (Lipinski definition) is 1. The molecular weight excluding hydrogens is 192 g/mol. The summed E-state index contributed by atoms with van der Waals surface area (Å²) in [5.74, 6) is 0. The van der Waals surface area contributed by atoms with Crippen molar-refractivity contribution in [3.8, 4) is 0 Å². The first-order chi connectivity index (χ1) is 5.76. The second kappa shape index (κ2) is 4.75. The van der Waals surface area contributed by atoms with Gasteiger partial charge in [-0.2, -0.15) is 0 Å². The van der Waals surface area contributed by atoms with Crippen molar-refractivity contribution in [2.45, 2.75) is 11.3 Å². The monoisotopic (exact) mass is 202 g/mol. The molecule has 0 aliphatic carbocycles. The summed E-state index contributed by atoms with van der Waals surface area (Å²) < 4.78 is 0. The van der Waals surface area contributed by atoms with Gasteiger partial charge in [-0.25, -0.2) is 0 Å². The SMILES string of the molecule is CSc1cc(Cl)cc(CCO)c1. The number of aliphatic hydroxyl groups is 1. The average molecular weight is 203 g/mol. The van der Waals surface area contributed by atoms with E-state index >= 15 is 0 Å². The van der Waals surface area contributed by atoms with Crippen LogP contribution in [0.3, 0.4) is 0 Å². The Morgan fingerprint density at radius 3 is 2.75 bits per heavy atom. The average Bonchev–Trinajstić information content (AvgIpc) is 2.04. The van der Waals surface area contributed by atoms with Gasteiger partial charge in [0.25, 0.3) is 0 Å². The van der Waals surface area contributed by atoms with Gasteiger partial charge >= 0.3 is 0 Å². The summed E-state index contributed by atoms with van der Waals surface area (Å²) in [5.41, 5.74) is 1.09. The van der Waals surface area contributed by atoms with Crippen LogP contribution >= 0.6 is 23.4 Å². The van der Waals surface area contributed by atoms with Crippen LogP contribution in [0.2, 0.25) is 5.02 Å². The van der Waals surface area contributed by atoms with E-state index in [0.29, 0.717) is 6.42 Å². The summed E-state index contributed by atoms with van der Waals surface area (Å²) in [6.07, 6.45) is 2.68. The van der Waals surface area contributed by atoms with E-state index in [0.717, 1.165) is 15.5 Å². The molecule has 1 N–H and O–H groups in total. The fourth-order valence-corrected chi connectivity index (χ4v) is 1.85. The number of halogens is 1. The maximum Gasteiger partial charge on any atom is 0.0471 e.